The second kappa shape index (κ2) is 7.42. The number of hydrogen-bond acceptors (Lipinski definition) is 6. The summed E-state index contributed by atoms with van der Waals surface area (Å²) < 4.78 is 32.9. The standard InChI is InChI=1S/C17H18F2N4O2/c1-25-16(24)12-3-4-13(15(19)14(12)18)23-9-5-11(6-10-23)22-17-20-7-2-8-21-17/h2-4,7-8,11H,5-6,9-10H2,1H3,(H,20,21,22). The van der Waals surface area contributed by atoms with Crippen molar-refractivity contribution in [1.29, 1.82) is 0 Å². The zero-order valence-electron chi connectivity index (χ0n) is 13.7. The number of carbonyl (C=O) groups is 1. The number of anilines is 2. The van der Waals surface area contributed by atoms with Gasteiger partial charge in [-0.2, -0.15) is 0 Å². The molecule has 1 aromatic carbocycles. The van der Waals surface area contributed by atoms with Crippen LogP contribution in [0.1, 0.15) is 23.2 Å². The Kier molecular flexibility index (Phi) is 5.06. The van der Waals surface area contributed by atoms with E-state index in [1.165, 1.54) is 12.1 Å². The third kappa shape index (κ3) is 3.67. The molecule has 6 nitrogen and oxygen atoms in total. The highest BCUT2D eigenvalue weighted by Gasteiger charge is 2.25. The molecule has 1 N–H and O–H groups in total. The van der Waals surface area contributed by atoms with Crippen LogP contribution in [0.3, 0.4) is 0 Å². The van der Waals surface area contributed by atoms with E-state index in [9.17, 15) is 13.6 Å². The van der Waals surface area contributed by atoms with Crippen LogP contribution in [0.25, 0.3) is 0 Å². The maximum absolute atomic E-state index is 14.3. The van der Waals surface area contributed by atoms with Crippen molar-refractivity contribution >= 4 is 17.6 Å². The number of carbonyl (C=O) groups excluding carboxylic acids is 1. The number of piperidine rings is 1. The molecule has 0 bridgehead atoms. The molecule has 132 valence electrons. The minimum atomic E-state index is -1.18. The van der Waals surface area contributed by atoms with Crippen LogP contribution < -0.4 is 10.2 Å². The van der Waals surface area contributed by atoms with Crippen molar-refractivity contribution < 1.29 is 18.3 Å². The highest BCUT2D eigenvalue weighted by molar-refractivity contribution is 5.90. The van der Waals surface area contributed by atoms with E-state index in [4.69, 9.17) is 0 Å². The molecule has 1 aromatic heterocycles. The Morgan fingerprint density at radius 3 is 2.52 bits per heavy atom. The van der Waals surface area contributed by atoms with Crippen molar-refractivity contribution in [3.05, 3.63) is 47.8 Å². The Balaban J connectivity index is 1.67. The van der Waals surface area contributed by atoms with Crippen molar-refractivity contribution in [3.8, 4) is 0 Å². The second-order valence-corrected chi connectivity index (χ2v) is 5.73. The molecule has 1 saturated heterocycles. The summed E-state index contributed by atoms with van der Waals surface area (Å²) in [5.74, 6) is -2.54. The molecule has 2 aromatic rings. The fourth-order valence-corrected chi connectivity index (χ4v) is 2.87. The SMILES string of the molecule is COC(=O)c1ccc(N2CCC(Nc3ncccn3)CC2)c(F)c1F. The molecular weight excluding hydrogens is 330 g/mol. The topological polar surface area (TPSA) is 67.3 Å². The van der Waals surface area contributed by atoms with E-state index < -0.39 is 23.2 Å². The van der Waals surface area contributed by atoms with E-state index in [-0.39, 0.29) is 11.7 Å². The Hall–Kier alpha value is -2.77. The largest absolute Gasteiger partial charge is 0.465 e. The van der Waals surface area contributed by atoms with Crippen LogP contribution in [-0.2, 0) is 4.74 Å². The predicted molar refractivity (Wildman–Crippen MR) is 88.6 cm³/mol. The summed E-state index contributed by atoms with van der Waals surface area (Å²) in [6, 6.07) is 4.57. The van der Waals surface area contributed by atoms with E-state index in [1.54, 1.807) is 23.4 Å². The number of ether oxygens (including phenoxy) is 1. The zero-order chi connectivity index (χ0) is 17.8. The van der Waals surface area contributed by atoms with Gasteiger partial charge in [0.05, 0.1) is 18.4 Å². The van der Waals surface area contributed by atoms with E-state index >= 15 is 0 Å². The molecule has 1 aliphatic heterocycles. The molecule has 25 heavy (non-hydrogen) atoms. The number of nitrogens with one attached hydrogen (secondary N) is 1. The summed E-state index contributed by atoms with van der Waals surface area (Å²) in [4.78, 5) is 21.4. The highest BCUT2D eigenvalue weighted by Crippen LogP contribution is 2.27. The Labute approximate surface area is 143 Å². The monoisotopic (exact) mass is 348 g/mol. The minimum absolute atomic E-state index is 0.152. The number of hydrogen-bond donors (Lipinski definition) is 1. The average Bonchev–Trinajstić information content (AvgIpc) is 2.65. The van der Waals surface area contributed by atoms with Crippen LogP contribution in [0, 0.1) is 11.6 Å². The quantitative estimate of drug-likeness (QED) is 0.857. The third-order valence-electron chi connectivity index (χ3n) is 4.20. The van der Waals surface area contributed by atoms with Crippen LogP contribution >= 0.6 is 0 Å². The Bertz CT molecular complexity index is 750. The van der Waals surface area contributed by atoms with Crippen LogP contribution in [0.2, 0.25) is 0 Å². The Morgan fingerprint density at radius 1 is 1.20 bits per heavy atom. The number of nitrogens with zero attached hydrogens (tertiary/aromatic N) is 3. The molecule has 3 rings (SSSR count). The van der Waals surface area contributed by atoms with Gasteiger partial charge in [0.1, 0.15) is 0 Å². The first-order chi connectivity index (χ1) is 12.1. The van der Waals surface area contributed by atoms with Gasteiger partial charge < -0.3 is 15.0 Å². The molecule has 2 heterocycles. The third-order valence-corrected chi connectivity index (χ3v) is 4.20. The van der Waals surface area contributed by atoms with Crippen molar-refractivity contribution in [2.75, 3.05) is 30.4 Å². The van der Waals surface area contributed by atoms with Gasteiger partial charge in [-0.3, -0.25) is 0 Å². The summed E-state index contributed by atoms with van der Waals surface area (Å²) in [7, 11) is 1.13. The lowest BCUT2D eigenvalue weighted by Crippen LogP contribution is -2.40. The molecule has 0 amide bonds. The summed E-state index contributed by atoms with van der Waals surface area (Å²) in [6.45, 7) is 1.11. The lowest BCUT2D eigenvalue weighted by molar-refractivity contribution is 0.0594. The van der Waals surface area contributed by atoms with Gasteiger partial charge in [0.15, 0.2) is 11.6 Å². The number of esters is 1. The maximum atomic E-state index is 14.3. The van der Waals surface area contributed by atoms with Gasteiger partial charge in [-0.15, -0.1) is 0 Å². The number of aromatic nitrogens is 2. The van der Waals surface area contributed by atoms with Gasteiger partial charge in [0.2, 0.25) is 5.95 Å². The van der Waals surface area contributed by atoms with Crippen LogP contribution in [-0.4, -0.2) is 42.2 Å². The van der Waals surface area contributed by atoms with E-state index in [2.05, 4.69) is 20.0 Å². The number of benzene rings is 1. The first-order valence-corrected chi connectivity index (χ1v) is 7.95. The smallest absolute Gasteiger partial charge is 0.340 e. The van der Waals surface area contributed by atoms with Gasteiger partial charge in [0.25, 0.3) is 0 Å². The van der Waals surface area contributed by atoms with Crippen LogP contribution in [0.15, 0.2) is 30.6 Å². The van der Waals surface area contributed by atoms with Crippen LogP contribution in [0.4, 0.5) is 20.4 Å². The van der Waals surface area contributed by atoms with E-state index in [1.807, 2.05) is 0 Å². The molecule has 0 radical (unpaired) electrons. The Morgan fingerprint density at radius 2 is 1.88 bits per heavy atom. The highest BCUT2D eigenvalue weighted by atomic mass is 19.2. The van der Waals surface area contributed by atoms with Gasteiger partial charge in [0, 0.05) is 31.5 Å². The van der Waals surface area contributed by atoms with Crippen molar-refractivity contribution in [2.24, 2.45) is 0 Å². The van der Waals surface area contributed by atoms with E-state index in [0.717, 1.165) is 20.0 Å². The fourth-order valence-electron chi connectivity index (χ4n) is 2.87. The van der Waals surface area contributed by atoms with Gasteiger partial charge in [-0.05, 0) is 31.0 Å². The molecule has 1 fully saturated rings. The fraction of sp³-hybridized carbons (Fsp3) is 0.353. The zero-order valence-corrected chi connectivity index (χ0v) is 13.7. The number of rotatable bonds is 4. The number of halogens is 2. The van der Waals surface area contributed by atoms with Crippen molar-refractivity contribution in [3.63, 3.8) is 0 Å². The molecule has 0 atom stereocenters. The summed E-state index contributed by atoms with van der Waals surface area (Å²) >= 11 is 0. The van der Waals surface area contributed by atoms with Gasteiger partial charge in [-0.1, -0.05) is 0 Å². The predicted octanol–water partition coefficient (Wildman–Crippen LogP) is 2.62. The molecular formula is C17H18F2N4O2. The molecule has 0 unspecified atom stereocenters. The number of methoxy groups -OCH3 is 1. The average molecular weight is 348 g/mol. The lowest BCUT2D eigenvalue weighted by atomic mass is 10.0. The minimum Gasteiger partial charge on any atom is -0.465 e. The normalized spacial score (nSPS) is 15.1. The molecule has 0 spiro atoms. The summed E-state index contributed by atoms with van der Waals surface area (Å²) in [6.07, 6.45) is 4.78. The van der Waals surface area contributed by atoms with E-state index in [0.29, 0.717) is 19.0 Å². The molecule has 0 saturated carbocycles. The maximum Gasteiger partial charge on any atom is 0.340 e. The van der Waals surface area contributed by atoms with Crippen molar-refractivity contribution in [2.45, 2.75) is 18.9 Å². The molecule has 8 heteroatoms. The first-order valence-electron chi connectivity index (χ1n) is 7.95. The van der Waals surface area contributed by atoms with Crippen molar-refractivity contribution in [1.82, 2.24) is 9.97 Å². The molecule has 0 aliphatic carbocycles. The lowest BCUT2D eigenvalue weighted by Gasteiger charge is -2.34. The summed E-state index contributed by atoms with van der Waals surface area (Å²) in [5, 5.41) is 3.23. The second-order valence-electron chi connectivity index (χ2n) is 5.73. The van der Waals surface area contributed by atoms with Gasteiger partial charge >= 0.3 is 5.97 Å². The summed E-state index contributed by atoms with van der Waals surface area (Å²) in [5.41, 5.74) is -0.249. The van der Waals surface area contributed by atoms with Crippen LogP contribution in [0.5, 0.6) is 0 Å². The first kappa shape index (κ1) is 17.1. The van der Waals surface area contributed by atoms with Gasteiger partial charge in [-0.25, -0.2) is 23.5 Å². The molecule has 1 aliphatic rings.